The first-order valence-electron chi connectivity index (χ1n) is 11.2. The molecular formula is C26H43N3O2. The van der Waals surface area contributed by atoms with Gasteiger partial charge in [0, 0.05) is 19.3 Å². The van der Waals surface area contributed by atoms with Crippen LogP contribution in [0.15, 0.2) is 65.4 Å². The van der Waals surface area contributed by atoms with Crippen molar-refractivity contribution in [1.82, 2.24) is 10.2 Å². The van der Waals surface area contributed by atoms with Gasteiger partial charge in [0.1, 0.15) is 11.4 Å². The van der Waals surface area contributed by atoms with E-state index in [1.807, 2.05) is 53.7 Å². The number of carbonyl (C=O) groups excluding carboxylic acids is 1. The zero-order valence-corrected chi connectivity index (χ0v) is 21.0. The van der Waals surface area contributed by atoms with Crippen LogP contribution in [0, 0.1) is 0 Å². The van der Waals surface area contributed by atoms with Crippen LogP contribution in [0.3, 0.4) is 0 Å². The number of allylic oxidation sites excluding steroid dienone is 5. The lowest BCUT2D eigenvalue weighted by Gasteiger charge is -2.29. The van der Waals surface area contributed by atoms with Crippen molar-refractivity contribution >= 4 is 11.9 Å². The van der Waals surface area contributed by atoms with Gasteiger partial charge in [0.25, 0.3) is 0 Å². The molecule has 1 amide bonds. The number of amides is 1. The summed E-state index contributed by atoms with van der Waals surface area (Å²) in [5.74, 6) is 0.689. The molecule has 1 rings (SSSR count). The highest BCUT2D eigenvalue weighted by Gasteiger charge is 2.35. The molecule has 1 N–H and O–H groups in total. The highest BCUT2D eigenvalue weighted by Crippen LogP contribution is 2.22. The van der Waals surface area contributed by atoms with Crippen LogP contribution in [0.5, 0.6) is 0 Å². The minimum atomic E-state index is -0.531. The van der Waals surface area contributed by atoms with Crippen LogP contribution < -0.4 is 5.32 Å². The summed E-state index contributed by atoms with van der Waals surface area (Å²) >= 11 is 0. The summed E-state index contributed by atoms with van der Waals surface area (Å²) < 4.78 is 5.54. The molecule has 0 aromatic heterocycles. The summed E-state index contributed by atoms with van der Waals surface area (Å²) in [6.45, 7) is 26.6. The summed E-state index contributed by atoms with van der Waals surface area (Å²) in [6, 6.07) is -0.159. The Morgan fingerprint density at radius 2 is 1.77 bits per heavy atom. The Labute approximate surface area is 190 Å². The van der Waals surface area contributed by atoms with E-state index < -0.39 is 5.60 Å². The van der Waals surface area contributed by atoms with E-state index in [1.54, 1.807) is 11.9 Å². The van der Waals surface area contributed by atoms with Gasteiger partial charge in [-0.05, 0) is 63.7 Å². The van der Waals surface area contributed by atoms with Crippen molar-refractivity contribution in [3.8, 4) is 0 Å². The Bertz CT molecular complexity index is 736. The first-order valence-corrected chi connectivity index (χ1v) is 11.2. The van der Waals surface area contributed by atoms with E-state index in [-0.39, 0.29) is 12.1 Å². The number of ether oxygens (including phenoxy) is 1. The molecule has 1 saturated heterocycles. The van der Waals surface area contributed by atoms with Gasteiger partial charge in [-0.2, -0.15) is 0 Å². The first kappa shape index (κ1) is 28.4. The Morgan fingerprint density at radius 3 is 2.29 bits per heavy atom. The van der Waals surface area contributed by atoms with E-state index in [9.17, 15) is 4.79 Å². The summed E-state index contributed by atoms with van der Waals surface area (Å²) in [4.78, 5) is 18.7. The fourth-order valence-electron chi connectivity index (χ4n) is 2.98. The molecule has 5 nitrogen and oxygen atoms in total. The van der Waals surface area contributed by atoms with Crippen molar-refractivity contribution in [2.75, 3.05) is 13.6 Å². The van der Waals surface area contributed by atoms with E-state index in [0.717, 1.165) is 36.0 Å². The van der Waals surface area contributed by atoms with Gasteiger partial charge in [-0.15, -0.1) is 0 Å². The molecule has 174 valence electrons. The minimum absolute atomic E-state index is 0.159. The largest absolute Gasteiger partial charge is 0.444 e. The van der Waals surface area contributed by atoms with Gasteiger partial charge < -0.3 is 10.1 Å². The molecule has 5 heteroatoms. The van der Waals surface area contributed by atoms with Gasteiger partial charge in [0.05, 0.1) is 6.04 Å². The molecule has 0 bridgehead atoms. The number of nitrogens with one attached hydrogen (secondary N) is 1. The topological polar surface area (TPSA) is 53.9 Å². The monoisotopic (exact) mass is 429 g/mol. The molecule has 1 heterocycles. The number of amidine groups is 1. The zero-order chi connectivity index (χ0) is 24.2. The van der Waals surface area contributed by atoms with Crippen molar-refractivity contribution in [1.29, 1.82) is 0 Å². The van der Waals surface area contributed by atoms with Crippen molar-refractivity contribution in [2.24, 2.45) is 4.99 Å². The standard InChI is InChI=1S/C24H37N3O2.C2H6/c1-10-12-17(2)18(3)14-15-19(4)20(5)26-22(25-9)21-13-11-16-27(21)23(28)29-24(6,7)8;1-2/h12,14-15,21H,3-5,10-11,13,16H2,1-2,6-9H3,(H,25,26);1-2H3/b15-14-,17-12+;. The molecular weight excluding hydrogens is 386 g/mol. The average molecular weight is 430 g/mol. The SMILES string of the molecule is C=C(/C=C\C(=C)/C(C)=C/CC)C(=C)NC(=NC)C1CCCN1C(=O)OC(C)(C)C.CC. The molecule has 1 aliphatic rings. The number of rotatable bonds is 7. The van der Waals surface area contributed by atoms with Crippen LogP contribution >= 0.6 is 0 Å². The lowest BCUT2D eigenvalue weighted by molar-refractivity contribution is 0.0264. The van der Waals surface area contributed by atoms with Gasteiger partial charge in [0.15, 0.2) is 0 Å². The maximum atomic E-state index is 12.6. The fourth-order valence-corrected chi connectivity index (χ4v) is 2.98. The molecule has 1 atom stereocenters. The summed E-state index contributed by atoms with van der Waals surface area (Å²) in [5.41, 5.74) is 2.93. The average Bonchev–Trinajstić information content (AvgIpc) is 3.20. The van der Waals surface area contributed by atoms with E-state index in [0.29, 0.717) is 18.1 Å². The van der Waals surface area contributed by atoms with E-state index in [2.05, 4.69) is 43.0 Å². The predicted molar refractivity (Wildman–Crippen MR) is 134 cm³/mol. The Kier molecular flexibility index (Phi) is 12.6. The third-order valence-electron chi connectivity index (χ3n) is 4.61. The van der Waals surface area contributed by atoms with Crippen LogP contribution in [0.25, 0.3) is 0 Å². The van der Waals surface area contributed by atoms with Gasteiger partial charge in [-0.3, -0.25) is 9.89 Å². The van der Waals surface area contributed by atoms with Crippen molar-refractivity contribution in [3.05, 3.63) is 60.4 Å². The molecule has 1 aliphatic heterocycles. The van der Waals surface area contributed by atoms with Crippen molar-refractivity contribution in [2.45, 2.75) is 79.4 Å². The Morgan fingerprint density at radius 1 is 1.19 bits per heavy atom. The van der Waals surface area contributed by atoms with Crippen molar-refractivity contribution < 1.29 is 9.53 Å². The van der Waals surface area contributed by atoms with Crippen LogP contribution in [-0.2, 0) is 4.74 Å². The van der Waals surface area contributed by atoms with Crippen LogP contribution in [0.4, 0.5) is 4.79 Å². The predicted octanol–water partition coefficient (Wildman–Crippen LogP) is 6.57. The van der Waals surface area contributed by atoms with Gasteiger partial charge >= 0.3 is 6.09 Å². The number of hydrogen-bond donors (Lipinski definition) is 1. The number of aliphatic imine (C=N–C) groups is 1. The Hall–Kier alpha value is -2.56. The quantitative estimate of drug-likeness (QED) is 0.283. The zero-order valence-electron chi connectivity index (χ0n) is 21.0. The van der Waals surface area contributed by atoms with Gasteiger partial charge in [-0.1, -0.05) is 58.7 Å². The molecule has 0 spiro atoms. The van der Waals surface area contributed by atoms with E-state index in [4.69, 9.17) is 4.74 Å². The summed E-state index contributed by atoms with van der Waals surface area (Å²) in [6.07, 6.45) is 8.34. The smallest absolute Gasteiger partial charge is 0.410 e. The molecule has 1 fully saturated rings. The minimum Gasteiger partial charge on any atom is -0.444 e. The first-order chi connectivity index (χ1) is 14.5. The van der Waals surface area contributed by atoms with Crippen LogP contribution in [-0.4, -0.2) is 42.1 Å². The Balaban J connectivity index is 0.00000436. The maximum absolute atomic E-state index is 12.6. The normalized spacial score (nSPS) is 17.2. The molecule has 1 unspecified atom stereocenters. The van der Waals surface area contributed by atoms with E-state index >= 15 is 0 Å². The molecule has 0 aromatic rings. The number of likely N-dealkylation sites (tertiary alicyclic amines) is 1. The molecule has 0 radical (unpaired) electrons. The number of nitrogens with zero attached hydrogens (tertiary/aromatic N) is 2. The molecule has 0 aliphatic carbocycles. The maximum Gasteiger partial charge on any atom is 0.410 e. The second-order valence-electron chi connectivity index (χ2n) is 8.22. The van der Waals surface area contributed by atoms with Crippen molar-refractivity contribution in [3.63, 3.8) is 0 Å². The number of hydrogen-bond acceptors (Lipinski definition) is 3. The third-order valence-corrected chi connectivity index (χ3v) is 4.61. The molecule has 0 saturated carbocycles. The third kappa shape index (κ3) is 9.86. The summed E-state index contributed by atoms with van der Waals surface area (Å²) in [7, 11) is 1.71. The van der Waals surface area contributed by atoms with Crippen LogP contribution in [0.2, 0.25) is 0 Å². The van der Waals surface area contributed by atoms with Gasteiger partial charge in [-0.25, -0.2) is 4.79 Å². The lowest BCUT2D eigenvalue weighted by atomic mass is 10.1. The molecule has 31 heavy (non-hydrogen) atoms. The van der Waals surface area contributed by atoms with Crippen LogP contribution in [0.1, 0.15) is 67.7 Å². The van der Waals surface area contributed by atoms with E-state index in [1.165, 1.54) is 0 Å². The highest BCUT2D eigenvalue weighted by molar-refractivity contribution is 5.92. The fraction of sp³-hybridized carbons (Fsp3) is 0.538. The second kappa shape index (κ2) is 13.7. The second-order valence-corrected chi connectivity index (χ2v) is 8.22. The summed E-state index contributed by atoms with van der Waals surface area (Å²) in [5, 5.41) is 3.25. The lowest BCUT2D eigenvalue weighted by Crippen LogP contribution is -2.47. The molecule has 0 aromatic carbocycles. The number of carbonyl (C=O) groups is 1. The van der Waals surface area contributed by atoms with Gasteiger partial charge in [0.2, 0.25) is 0 Å². The highest BCUT2D eigenvalue weighted by atomic mass is 16.6.